The molecule has 0 aromatic heterocycles. The minimum absolute atomic E-state index is 0. The smallest absolute Gasteiger partial charge is 0.257 e. The summed E-state index contributed by atoms with van der Waals surface area (Å²) in [5.74, 6) is -0.882. The van der Waals surface area contributed by atoms with Gasteiger partial charge in [0.1, 0.15) is 5.82 Å². The van der Waals surface area contributed by atoms with Gasteiger partial charge in [-0.15, -0.1) is 12.4 Å². The van der Waals surface area contributed by atoms with Crippen LogP contribution in [0.2, 0.25) is 10.0 Å². The van der Waals surface area contributed by atoms with E-state index in [2.05, 4.69) is 0 Å². The summed E-state index contributed by atoms with van der Waals surface area (Å²) in [5, 5.41) is -0.265. The van der Waals surface area contributed by atoms with Gasteiger partial charge in [-0.05, 0) is 12.1 Å². The Hall–Kier alpha value is -0.160. The molecule has 0 radical (unpaired) electrons. The van der Waals surface area contributed by atoms with Crippen molar-refractivity contribution in [1.82, 2.24) is 0 Å². The van der Waals surface area contributed by atoms with Crippen molar-refractivity contribution in [3.63, 3.8) is 0 Å². The number of halogens is 6. The first-order valence-electron chi connectivity index (χ1n) is 3.62. The molecular formula is C8H7Cl3F3N. The Kier molecular flexibility index (Phi) is 5.73. The van der Waals surface area contributed by atoms with Gasteiger partial charge in [0, 0.05) is 5.56 Å². The van der Waals surface area contributed by atoms with E-state index >= 15 is 0 Å². The average Bonchev–Trinajstić information content (AvgIpc) is 2.12. The van der Waals surface area contributed by atoms with Crippen LogP contribution in [0, 0.1) is 5.82 Å². The van der Waals surface area contributed by atoms with Gasteiger partial charge in [-0.3, -0.25) is 0 Å². The lowest BCUT2D eigenvalue weighted by molar-refractivity contribution is 0.115. The van der Waals surface area contributed by atoms with E-state index in [9.17, 15) is 13.2 Å². The second-order valence-corrected chi connectivity index (χ2v) is 3.40. The maximum Gasteiger partial charge on any atom is 0.257 e. The highest BCUT2D eigenvalue weighted by Crippen LogP contribution is 2.33. The van der Waals surface area contributed by atoms with E-state index in [0.717, 1.165) is 6.07 Å². The molecule has 0 bridgehead atoms. The zero-order chi connectivity index (χ0) is 10.9. The van der Waals surface area contributed by atoms with Crippen LogP contribution in [-0.4, -0.2) is 6.43 Å². The van der Waals surface area contributed by atoms with Crippen molar-refractivity contribution < 1.29 is 13.2 Å². The van der Waals surface area contributed by atoms with Crippen molar-refractivity contribution in [2.45, 2.75) is 12.5 Å². The predicted molar refractivity (Wildman–Crippen MR) is 56.6 cm³/mol. The molecule has 0 amide bonds. The van der Waals surface area contributed by atoms with Crippen molar-refractivity contribution in [2.75, 3.05) is 0 Å². The average molecular weight is 281 g/mol. The van der Waals surface area contributed by atoms with E-state index in [4.69, 9.17) is 28.9 Å². The molecule has 0 aliphatic heterocycles. The SMILES string of the molecule is Cl.N[C@@H](c1c(F)ccc(Cl)c1Cl)C(F)F. The first-order valence-corrected chi connectivity index (χ1v) is 4.38. The maximum absolute atomic E-state index is 13.1. The van der Waals surface area contributed by atoms with Crippen molar-refractivity contribution in [3.05, 3.63) is 33.6 Å². The summed E-state index contributed by atoms with van der Waals surface area (Å²) in [6.07, 6.45) is -2.89. The van der Waals surface area contributed by atoms with E-state index in [-0.39, 0.29) is 22.5 Å². The Labute approximate surface area is 101 Å². The van der Waals surface area contributed by atoms with Gasteiger partial charge < -0.3 is 5.73 Å². The molecule has 0 saturated heterocycles. The van der Waals surface area contributed by atoms with Gasteiger partial charge in [0.05, 0.1) is 16.1 Å². The Bertz CT molecular complexity index is 346. The lowest BCUT2D eigenvalue weighted by Gasteiger charge is -2.14. The van der Waals surface area contributed by atoms with Crippen molar-refractivity contribution >= 4 is 35.6 Å². The van der Waals surface area contributed by atoms with E-state index in [0.29, 0.717) is 0 Å². The molecule has 0 spiro atoms. The molecule has 1 nitrogen and oxygen atoms in total. The molecule has 0 fully saturated rings. The standard InChI is InChI=1S/C8H6Cl2F3N.ClH/c9-3-1-2-4(11)5(6(3)10)7(14)8(12)13;/h1-2,7-8H,14H2;1H/t7-;/m0./s1. The van der Waals surface area contributed by atoms with Crippen LogP contribution in [0.5, 0.6) is 0 Å². The van der Waals surface area contributed by atoms with Gasteiger partial charge in [0.15, 0.2) is 0 Å². The van der Waals surface area contributed by atoms with Crippen molar-refractivity contribution in [2.24, 2.45) is 5.73 Å². The van der Waals surface area contributed by atoms with Crippen molar-refractivity contribution in [1.29, 1.82) is 0 Å². The van der Waals surface area contributed by atoms with Gasteiger partial charge in [0.2, 0.25) is 0 Å². The summed E-state index contributed by atoms with van der Waals surface area (Å²) >= 11 is 11.1. The van der Waals surface area contributed by atoms with Gasteiger partial charge in [-0.2, -0.15) is 0 Å². The second kappa shape index (κ2) is 5.80. The molecule has 2 N–H and O–H groups in total. The zero-order valence-corrected chi connectivity index (χ0v) is 9.51. The van der Waals surface area contributed by atoms with Crippen LogP contribution in [0.25, 0.3) is 0 Å². The van der Waals surface area contributed by atoms with Crippen LogP contribution in [0.3, 0.4) is 0 Å². The first kappa shape index (κ1) is 14.8. The topological polar surface area (TPSA) is 26.0 Å². The summed E-state index contributed by atoms with van der Waals surface area (Å²) in [6, 6.07) is 0.369. The summed E-state index contributed by atoms with van der Waals surface area (Å²) in [7, 11) is 0. The molecule has 1 atom stereocenters. The summed E-state index contributed by atoms with van der Waals surface area (Å²) in [5.41, 5.74) is 4.63. The molecule has 15 heavy (non-hydrogen) atoms. The van der Waals surface area contributed by atoms with E-state index in [1.807, 2.05) is 0 Å². The molecule has 0 aliphatic carbocycles. The van der Waals surface area contributed by atoms with Gasteiger partial charge in [-0.25, -0.2) is 13.2 Å². The van der Waals surface area contributed by atoms with E-state index < -0.39 is 23.8 Å². The predicted octanol–water partition coefficient (Wildman–Crippen LogP) is 3.82. The fourth-order valence-electron chi connectivity index (χ4n) is 0.974. The molecule has 1 aromatic carbocycles. The molecule has 0 saturated carbocycles. The Morgan fingerprint density at radius 2 is 1.73 bits per heavy atom. The van der Waals surface area contributed by atoms with Gasteiger partial charge >= 0.3 is 0 Å². The lowest BCUT2D eigenvalue weighted by atomic mass is 10.1. The fourth-order valence-corrected chi connectivity index (χ4v) is 1.42. The van der Waals surface area contributed by atoms with Gasteiger partial charge in [-0.1, -0.05) is 23.2 Å². The third-order valence-electron chi connectivity index (χ3n) is 1.68. The summed E-state index contributed by atoms with van der Waals surface area (Å²) in [6.45, 7) is 0. The van der Waals surface area contributed by atoms with Crippen LogP contribution >= 0.6 is 35.6 Å². The summed E-state index contributed by atoms with van der Waals surface area (Å²) in [4.78, 5) is 0. The van der Waals surface area contributed by atoms with Crippen LogP contribution in [0.15, 0.2) is 12.1 Å². The molecule has 86 valence electrons. The molecule has 1 aromatic rings. The van der Waals surface area contributed by atoms with Crippen LogP contribution < -0.4 is 5.73 Å². The van der Waals surface area contributed by atoms with Crippen LogP contribution in [0.4, 0.5) is 13.2 Å². The van der Waals surface area contributed by atoms with Crippen LogP contribution in [0.1, 0.15) is 11.6 Å². The molecular weight excluding hydrogens is 273 g/mol. The number of hydrogen-bond donors (Lipinski definition) is 1. The Balaban J connectivity index is 0.00000196. The molecule has 0 heterocycles. The third-order valence-corrected chi connectivity index (χ3v) is 2.50. The molecule has 7 heteroatoms. The highest BCUT2D eigenvalue weighted by Gasteiger charge is 2.24. The third kappa shape index (κ3) is 3.14. The second-order valence-electron chi connectivity index (χ2n) is 2.62. The number of alkyl halides is 2. The van der Waals surface area contributed by atoms with Crippen molar-refractivity contribution in [3.8, 4) is 0 Å². The monoisotopic (exact) mass is 279 g/mol. The molecule has 0 unspecified atom stereocenters. The maximum atomic E-state index is 13.1. The van der Waals surface area contributed by atoms with E-state index in [1.54, 1.807) is 0 Å². The first-order chi connectivity index (χ1) is 6.45. The minimum Gasteiger partial charge on any atom is -0.319 e. The fraction of sp³-hybridized carbons (Fsp3) is 0.250. The number of benzene rings is 1. The zero-order valence-electron chi connectivity index (χ0n) is 7.18. The largest absolute Gasteiger partial charge is 0.319 e. The minimum atomic E-state index is -2.89. The molecule has 1 rings (SSSR count). The lowest BCUT2D eigenvalue weighted by Crippen LogP contribution is -2.20. The highest BCUT2D eigenvalue weighted by atomic mass is 35.5. The highest BCUT2D eigenvalue weighted by molar-refractivity contribution is 6.42. The Morgan fingerprint density at radius 3 is 2.20 bits per heavy atom. The number of rotatable bonds is 2. The summed E-state index contributed by atoms with van der Waals surface area (Å²) < 4.78 is 37.5. The normalized spacial score (nSPS) is 12.5. The quantitative estimate of drug-likeness (QED) is 0.819. The van der Waals surface area contributed by atoms with Gasteiger partial charge in [0.25, 0.3) is 6.43 Å². The number of hydrogen-bond acceptors (Lipinski definition) is 1. The molecule has 0 aliphatic rings. The Morgan fingerprint density at radius 1 is 1.20 bits per heavy atom. The number of nitrogens with two attached hydrogens (primary N) is 1. The van der Waals surface area contributed by atoms with E-state index in [1.165, 1.54) is 6.07 Å². The van der Waals surface area contributed by atoms with Crippen LogP contribution in [-0.2, 0) is 0 Å².